The zero-order valence-corrected chi connectivity index (χ0v) is 21.4. The summed E-state index contributed by atoms with van der Waals surface area (Å²) in [5.74, 6) is -0.316. The van der Waals surface area contributed by atoms with E-state index in [-0.39, 0.29) is 28.8 Å². The third-order valence-electron chi connectivity index (χ3n) is 6.19. The quantitative estimate of drug-likeness (QED) is 0.411. The smallest absolute Gasteiger partial charge is 0.416 e. The van der Waals surface area contributed by atoms with Crippen LogP contribution in [-0.4, -0.2) is 59.8 Å². The highest BCUT2D eigenvalue weighted by molar-refractivity contribution is 7.16. The molecule has 0 bridgehead atoms. The first kappa shape index (κ1) is 26.1. The van der Waals surface area contributed by atoms with Gasteiger partial charge in [0.15, 0.2) is 5.13 Å². The minimum atomic E-state index is -4.61. The van der Waals surface area contributed by atoms with Crippen LogP contribution >= 0.6 is 22.9 Å². The minimum Gasteiger partial charge on any atom is -0.492 e. The van der Waals surface area contributed by atoms with Crippen LogP contribution in [0.1, 0.15) is 21.6 Å². The van der Waals surface area contributed by atoms with Crippen LogP contribution in [0, 0.1) is 0 Å². The van der Waals surface area contributed by atoms with Gasteiger partial charge in [-0.2, -0.15) is 28.4 Å². The van der Waals surface area contributed by atoms with Gasteiger partial charge in [0.05, 0.1) is 28.6 Å². The number of nitrogens with one attached hydrogen (secondary N) is 2. The number of carbonyl (C=O) groups is 1. The molecular weight excluding hydrogens is 541 g/mol. The van der Waals surface area contributed by atoms with Crippen LogP contribution in [0.15, 0.2) is 46.6 Å². The minimum absolute atomic E-state index is 0.0152. The number of piperazine rings is 1. The van der Waals surface area contributed by atoms with E-state index in [9.17, 15) is 23.1 Å². The Kier molecular flexibility index (Phi) is 7.37. The molecule has 1 fully saturated rings. The van der Waals surface area contributed by atoms with E-state index in [0.717, 1.165) is 29.5 Å². The van der Waals surface area contributed by atoms with Crippen molar-refractivity contribution in [1.82, 2.24) is 15.2 Å². The van der Waals surface area contributed by atoms with Crippen molar-refractivity contribution in [3.8, 4) is 5.88 Å². The molecule has 1 amide bonds. The first-order valence-corrected chi connectivity index (χ1v) is 12.9. The maximum absolute atomic E-state index is 13.9. The molecule has 0 aliphatic carbocycles. The Morgan fingerprint density at radius 3 is 2.87 bits per heavy atom. The predicted octanol–water partition coefficient (Wildman–Crippen LogP) is 2.77. The molecule has 2 aliphatic heterocycles. The van der Waals surface area contributed by atoms with Crippen LogP contribution in [0.4, 0.5) is 18.3 Å². The summed E-state index contributed by atoms with van der Waals surface area (Å²) >= 11 is 7.03. The predicted molar refractivity (Wildman–Crippen MR) is 139 cm³/mol. The van der Waals surface area contributed by atoms with Gasteiger partial charge in [-0.1, -0.05) is 35.1 Å². The second-order valence-electron chi connectivity index (χ2n) is 8.80. The van der Waals surface area contributed by atoms with Gasteiger partial charge in [0.2, 0.25) is 11.8 Å². The summed E-state index contributed by atoms with van der Waals surface area (Å²) in [6, 6.07) is 8.92. The SMILES string of the molecule is O=C1CN(CCNc2nc(O)c(C(Cc3ccc(Cl)cc3C(F)(F)F)=c3ccc4c(c3)C=NN=4)s2)CCN1. The molecule has 2 aromatic carbocycles. The largest absolute Gasteiger partial charge is 0.492 e. The highest BCUT2D eigenvalue weighted by Crippen LogP contribution is 2.38. The number of hydrogen-bond acceptors (Lipinski definition) is 8. The molecule has 0 unspecified atom stereocenters. The van der Waals surface area contributed by atoms with Crippen molar-refractivity contribution in [3.63, 3.8) is 0 Å². The summed E-state index contributed by atoms with van der Waals surface area (Å²) < 4.78 is 41.6. The number of nitrogens with zero attached hydrogens (tertiary/aromatic N) is 4. The molecular formula is C25H22ClF3N6O2S. The highest BCUT2D eigenvalue weighted by Gasteiger charge is 2.34. The third-order valence-corrected chi connectivity index (χ3v) is 7.49. The molecule has 0 spiro atoms. The van der Waals surface area contributed by atoms with E-state index in [2.05, 4.69) is 25.8 Å². The van der Waals surface area contributed by atoms with Gasteiger partial charge in [0.25, 0.3) is 0 Å². The molecule has 0 radical (unpaired) electrons. The van der Waals surface area contributed by atoms with E-state index in [1.165, 1.54) is 12.1 Å². The number of rotatable bonds is 7. The Balaban J connectivity index is 1.49. The molecule has 1 saturated heterocycles. The molecule has 3 aromatic rings. The van der Waals surface area contributed by atoms with Crippen LogP contribution < -0.4 is 21.2 Å². The molecule has 3 N–H and O–H groups in total. The summed E-state index contributed by atoms with van der Waals surface area (Å²) in [6.07, 6.45) is -3.17. The lowest BCUT2D eigenvalue weighted by atomic mass is 9.96. The highest BCUT2D eigenvalue weighted by atomic mass is 35.5. The molecule has 5 rings (SSSR count). The van der Waals surface area contributed by atoms with Gasteiger partial charge in [-0.15, -0.1) is 0 Å². The molecule has 2 aliphatic rings. The Hall–Kier alpha value is -3.48. The fourth-order valence-electron chi connectivity index (χ4n) is 4.35. The van der Waals surface area contributed by atoms with E-state index in [1.807, 2.05) is 4.90 Å². The Labute approximate surface area is 224 Å². The second-order valence-corrected chi connectivity index (χ2v) is 10.2. The van der Waals surface area contributed by atoms with Gasteiger partial charge in [-0.25, -0.2) is 0 Å². The molecule has 13 heteroatoms. The monoisotopic (exact) mass is 562 g/mol. The van der Waals surface area contributed by atoms with Crippen molar-refractivity contribution < 1.29 is 23.1 Å². The lowest BCUT2D eigenvalue weighted by Gasteiger charge is -2.26. The Bertz CT molecular complexity index is 1540. The number of fused-ring (bicyclic) bond motifs is 1. The van der Waals surface area contributed by atoms with Gasteiger partial charge < -0.3 is 15.7 Å². The van der Waals surface area contributed by atoms with E-state index in [0.29, 0.717) is 52.3 Å². The van der Waals surface area contributed by atoms with Crippen LogP contribution in [0.2, 0.25) is 5.02 Å². The number of aromatic hydroxyl groups is 1. The van der Waals surface area contributed by atoms with Crippen LogP contribution in [0.3, 0.4) is 0 Å². The lowest BCUT2D eigenvalue weighted by molar-refractivity contribution is -0.138. The average Bonchev–Trinajstić information content (AvgIpc) is 3.48. The van der Waals surface area contributed by atoms with Gasteiger partial charge in [-0.05, 0) is 40.6 Å². The maximum Gasteiger partial charge on any atom is 0.416 e. The number of alkyl halides is 3. The summed E-state index contributed by atoms with van der Waals surface area (Å²) in [6.45, 7) is 2.69. The van der Waals surface area contributed by atoms with Crippen LogP contribution in [0.5, 0.6) is 5.88 Å². The molecule has 38 heavy (non-hydrogen) atoms. The van der Waals surface area contributed by atoms with Crippen molar-refractivity contribution in [2.45, 2.75) is 12.6 Å². The number of anilines is 1. The Morgan fingerprint density at radius 2 is 2.08 bits per heavy atom. The third kappa shape index (κ3) is 5.82. The number of thiazole rings is 1. The fraction of sp³-hybridized carbons (Fsp3) is 0.280. The summed E-state index contributed by atoms with van der Waals surface area (Å²) in [7, 11) is 0. The normalized spacial score (nSPS) is 16.2. The van der Waals surface area contributed by atoms with E-state index >= 15 is 0 Å². The fourth-order valence-corrected chi connectivity index (χ4v) is 5.47. The Morgan fingerprint density at radius 1 is 1.24 bits per heavy atom. The van der Waals surface area contributed by atoms with E-state index in [1.54, 1.807) is 24.4 Å². The van der Waals surface area contributed by atoms with Gasteiger partial charge in [0.1, 0.15) is 0 Å². The van der Waals surface area contributed by atoms with Crippen molar-refractivity contribution >= 4 is 45.8 Å². The maximum atomic E-state index is 13.9. The van der Waals surface area contributed by atoms with Gasteiger partial charge >= 0.3 is 6.18 Å². The zero-order valence-electron chi connectivity index (χ0n) is 19.8. The zero-order chi connectivity index (χ0) is 26.9. The molecule has 198 valence electrons. The summed E-state index contributed by atoms with van der Waals surface area (Å²) in [5.41, 5.74) is 0.367. The number of benzene rings is 2. The topological polar surface area (TPSA) is 102 Å². The first-order valence-electron chi connectivity index (χ1n) is 11.7. The number of amides is 1. The first-order chi connectivity index (χ1) is 18.2. The number of halogens is 4. The number of hydrogen-bond donors (Lipinski definition) is 3. The van der Waals surface area contributed by atoms with E-state index < -0.39 is 11.7 Å². The van der Waals surface area contributed by atoms with Gasteiger partial charge in [-0.3, -0.25) is 9.69 Å². The van der Waals surface area contributed by atoms with Gasteiger partial charge in [0, 0.05) is 43.2 Å². The number of carbonyl (C=O) groups excluding carboxylic acids is 1. The summed E-state index contributed by atoms with van der Waals surface area (Å²) in [5, 5.41) is 26.3. The molecule has 0 saturated carbocycles. The van der Waals surface area contributed by atoms with Crippen LogP contribution in [0.25, 0.3) is 5.57 Å². The summed E-state index contributed by atoms with van der Waals surface area (Å²) in [4.78, 5) is 18.1. The number of aromatic nitrogens is 1. The average molecular weight is 563 g/mol. The second kappa shape index (κ2) is 10.7. The van der Waals surface area contributed by atoms with Crippen LogP contribution in [-0.2, 0) is 17.4 Å². The molecule has 1 aromatic heterocycles. The van der Waals surface area contributed by atoms with Crippen molar-refractivity contribution in [2.24, 2.45) is 10.2 Å². The van der Waals surface area contributed by atoms with E-state index in [4.69, 9.17) is 11.6 Å². The standard InChI is InChI=1S/C25H22ClF3N6O2S/c26-17-3-1-15(19(11-17)25(27,28)29)10-18(14-2-4-20-16(9-14)12-32-34-20)22-23(37)33-24(38-22)31-6-8-35-7-5-30-21(36)13-35/h1-4,9,11-12,37H,5-8,10,13H2,(H,30,36)(H,31,33). The lowest BCUT2D eigenvalue weighted by Crippen LogP contribution is -2.48. The molecule has 8 nitrogen and oxygen atoms in total. The van der Waals surface area contributed by atoms with Crippen molar-refractivity contribution in [2.75, 3.05) is 38.0 Å². The van der Waals surface area contributed by atoms with Crippen molar-refractivity contribution in [3.05, 3.63) is 73.6 Å². The van der Waals surface area contributed by atoms with Crippen molar-refractivity contribution in [1.29, 1.82) is 0 Å². The molecule has 0 atom stereocenters. The molecule has 3 heterocycles.